The number of carbonyl (C=O) groups is 1. The van der Waals surface area contributed by atoms with E-state index in [1.54, 1.807) is 0 Å². The van der Waals surface area contributed by atoms with Gasteiger partial charge in [0, 0.05) is 11.1 Å². The van der Waals surface area contributed by atoms with Crippen LogP contribution in [0, 0.1) is 11.3 Å². The summed E-state index contributed by atoms with van der Waals surface area (Å²) in [5.74, 6) is -0.859. The molecule has 0 fully saturated rings. The number of unbranched alkanes of at least 4 members (excludes halogenated alkanes) is 4. The minimum absolute atomic E-state index is 0.0898. The molecule has 1 amide bonds. The molecule has 3 rings (SSSR count). The van der Waals surface area contributed by atoms with Gasteiger partial charge in [-0.1, -0.05) is 32.6 Å². The lowest BCUT2D eigenvalue weighted by atomic mass is 9.98. The normalized spacial score (nSPS) is 11.4. The van der Waals surface area contributed by atoms with Gasteiger partial charge in [0.15, 0.2) is 0 Å². The summed E-state index contributed by atoms with van der Waals surface area (Å²) < 4.78 is 40.8. The van der Waals surface area contributed by atoms with Gasteiger partial charge in [-0.25, -0.2) is 4.98 Å². The summed E-state index contributed by atoms with van der Waals surface area (Å²) in [5, 5.41) is 12.8. The van der Waals surface area contributed by atoms with Gasteiger partial charge in [0.05, 0.1) is 11.3 Å². The standard InChI is InChI=1S/C23H24F3N5O2S/c1-2-3-4-5-6-7-15-16(12-27)20(29)31-22-17(15)18(28)19(34-22)21(32)30-13-8-10-14(11-9-13)33-23(24,25)26/h8-11H,2-7,28H2,1H3,(H2,29,31)(H,30,32). The molecule has 34 heavy (non-hydrogen) atoms. The van der Waals surface area contributed by atoms with E-state index < -0.39 is 18.0 Å². The summed E-state index contributed by atoms with van der Waals surface area (Å²) in [7, 11) is 0. The zero-order valence-electron chi connectivity index (χ0n) is 18.5. The van der Waals surface area contributed by atoms with E-state index in [1.807, 2.05) is 0 Å². The van der Waals surface area contributed by atoms with E-state index in [0.717, 1.165) is 55.6 Å². The fraction of sp³-hybridized carbons (Fsp3) is 0.348. The van der Waals surface area contributed by atoms with E-state index in [1.165, 1.54) is 12.1 Å². The Morgan fingerprint density at radius 1 is 1.18 bits per heavy atom. The Labute approximate surface area is 198 Å². The van der Waals surface area contributed by atoms with Crippen molar-refractivity contribution in [2.24, 2.45) is 0 Å². The van der Waals surface area contributed by atoms with E-state index in [0.29, 0.717) is 22.2 Å². The van der Waals surface area contributed by atoms with Crippen molar-refractivity contribution in [1.82, 2.24) is 4.98 Å². The predicted molar refractivity (Wildman–Crippen MR) is 127 cm³/mol. The molecule has 0 saturated heterocycles. The topological polar surface area (TPSA) is 127 Å². The third kappa shape index (κ3) is 5.88. The maximum absolute atomic E-state index is 12.9. The highest BCUT2D eigenvalue weighted by molar-refractivity contribution is 7.21. The van der Waals surface area contributed by atoms with Crippen LogP contribution in [0.4, 0.5) is 30.4 Å². The number of nitrogen functional groups attached to an aromatic ring is 2. The van der Waals surface area contributed by atoms with Crippen LogP contribution in [0.15, 0.2) is 24.3 Å². The molecule has 7 nitrogen and oxygen atoms in total. The van der Waals surface area contributed by atoms with Gasteiger partial charge in [-0.2, -0.15) is 5.26 Å². The van der Waals surface area contributed by atoms with Crippen molar-refractivity contribution in [3.63, 3.8) is 0 Å². The Hall–Kier alpha value is -3.52. The van der Waals surface area contributed by atoms with Crippen LogP contribution in [0.3, 0.4) is 0 Å². The molecule has 0 saturated carbocycles. The van der Waals surface area contributed by atoms with Crippen molar-refractivity contribution >= 4 is 44.7 Å². The lowest BCUT2D eigenvalue weighted by Gasteiger charge is -2.10. The van der Waals surface area contributed by atoms with E-state index in [2.05, 4.69) is 28.0 Å². The molecule has 0 aliphatic heterocycles. The average Bonchev–Trinajstić information content (AvgIpc) is 3.09. The number of nitrogens with zero attached hydrogens (tertiary/aromatic N) is 2. The maximum Gasteiger partial charge on any atom is 0.573 e. The van der Waals surface area contributed by atoms with E-state index >= 15 is 0 Å². The number of alkyl halides is 3. The van der Waals surface area contributed by atoms with Gasteiger partial charge in [0.25, 0.3) is 5.91 Å². The van der Waals surface area contributed by atoms with Crippen molar-refractivity contribution in [3.8, 4) is 11.8 Å². The van der Waals surface area contributed by atoms with Crippen LogP contribution in [0.25, 0.3) is 10.2 Å². The molecule has 3 aromatic rings. The Balaban J connectivity index is 1.87. The van der Waals surface area contributed by atoms with Crippen molar-refractivity contribution in [2.45, 2.75) is 51.8 Å². The number of hydrogen-bond donors (Lipinski definition) is 3. The molecule has 180 valence electrons. The van der Waals surface area contributed by atoms with Crippen LogP contribution < -0.4 is 21.5 Å². The monoisotopic (exact) mass is 491 g/mol. The lowest BCUT2D eigenvalue weighted by Crippen LogP contribution is -2.17. The minimum Gasteiger partial charge on any atom is -0.406 e. The van der Waals surface area contributed by atoms with Crippen molar-refractivity contribution in [1.29, 1.82) is 5.26 Å². The number of ether oxygens (including phenoxy) is 1. The zero-order chi connectivity index (χ0) is 24.9. The number of aromatic nitrogens is 1. The molecule has 2 heterocycles. The summed E-state index contributed by atoms with van der Waals surface area (Å²) in [6, 6.07) is 6.86. The number of nitrogens with one attached hydrogen (secondary N) is 1. The Kier molecular flexibility index (Phi) is 7.83. The molecular weight excluding hydrogens is 467 g/mol. The molecular formula is C23H24F3N5O2S. The number of anilines is 3. The lowest BCUT2D eigenvalue weighted by molar-refractivity contribution is -0.274. The second kappa shape index (κ2) is 10.6. The van der Waals surface area contributed by atoms with E-state index in [4.69, 9.17) is 11.5 Å². The fourth-order valence-electron chi connectivity index (χ4n) is 3.62. The largest absolute Gasteiger partial charge is 0.573 e. The smallest absolute Gasteiger partial charge is 0.406 e. The molecule has 0 radical (unpaired) electrons. The first-order valence-corrected chi connectivity index (χ1v) is 11.5. The number of aryl methyl sites for hydroxylation is 1. The highest BCUT2D eigenvalue weighted by Gasteiger charge is 2.31. The van der Waals surface area contributed by atoms with Crippen LogP contribution in [0.1, 0.15) is 59.8 Å². The molecule has 0 bridgehead atoms. The van der Waals surface area contributed by atoms with Gasteiger partial charge in [0.2, 0.25) is 0 Å². The second-order valence-electron chi connectivity index (χ2n) is 7.68. The number of nitrogens with two attached hydrogens (primary N) is 2. The number of fused-ring (bicyclic) bond motifs is 1. The van der Waals surface area contributed by atoms with Gasteiger partial charge >= 0.3 is 6.36 Å². The number of amides is 1. The van der Waals surface area contributed by atoms with Crippen LogP contribution in [0.2, 0.25) is 0 Å². The molecule has 1 aromatic carbocycles. The summed E-state index contributed by atoms with van der Waals surface area (Å²) >= 11 is 1.05. The Bertz CT molecular complexity index is 1220. The van der Waals surface area contributed by atoms with E-state index in [9.17, 15) is 23.2 Å². The summed E-state index contributed by atoms with van der Waals surface area (Å²) in [6.07, 6.45) is 0.947. The Morgan fingerprint density at radius 3 is 2.47 bits per heavy atom. The van der Waals surface area contributed by atoms with Crippen LogP contribution >= 0.6 is 11.3 Å². The average molecular weight is 492 g/mol. The SMILES string of the molecule is CCCCCCCc1c(C#N)c(N)nc2sc(C(=O)Nc3ccc(OC(F)(F)F)cc3)c(N)c12. The second-order valence-corrected chi connectivity index (χ2v) is 8.68. The van der Waals surface area contributed by atoms with Crippen LogP contribution in [0.5, 0.6) is 5.75 Å². The molecule has 0 atom stereocenters. The number of rotatable bonds is 9. The molecule has 5 N–H and O–H groups in total. The minimum atomic E-state index is -4.80. The van der Waals surface area contributed by atoms with Gasteiger partial charge in [-0.15, -0.1) is 24.5 Å². The predicted octanol–water partition coefficient (Wildman–Crippen LogP) is 6.00. The third-order valence-corrected chi connectivity index (χ3v) is 6.30. The summed E-state index contributed by atoms with van der Waals surface area (Å²) in [5.41, 5.74) is 13.7. The first-order chi connectivity index (χ1) is 16.1. The highest BCUT2D eigenvalue weighted by atomic mass is 32.1. The number of carbonyl (C=O) groups excluding carboxylic acids is 1. The first kappa shape index (κ1) is 25.1. The number of hydrogen-bond acceptors (Lipinski definition) is 7. The number of nitriles is 1. The van der Waals surface area contributed by atoms with E-state index in [-0.39, 0.29) is 27.6 Å². The molecule has 0 aliphatic rings. The molecule has 0 spiro atoms. The molecule has 11 heteroatoms. The molecule has 0 aliphatic carbocycles. The number of halogens is 3. The molecule has 0 unspecified atom stereocenters. The van der Waals surface area contributed by atoms with Crippen LogP contribution in [-0.4, -0.2) is 17.3 Å². The summed E-state index contributed by atoms with van der Waals surface area (Å²) in [4.78, 5) is 17.8. The maximum atomic E-state index is 12.9. The fourth-order valence-corrected chi connectivity index (χ4v) is 4.65. The zero-order valence-corrected chi connectivity index (χ0v) is 19.3. The number of thiophene rings is 1. The van der Waals surface area contributed by atoms with Crippen molar-refractivity contribution in [3.05, 3.63) is 40.3 Å². The third-order valence-electron chi connectivity index (χ3n) is 5.20. The number of pyridine rings is 1. The summed E-state index contributed by atoms with van der Waals surface area (Å²) in [6.45, 7) is 2.13. The molecule has 2 aromatic heterocycles. The number of benzene rings is 1. The first-order valence-electron chi connectivity index (χ1n) is 10.7. The Morgan fingerprint density at radius 2 is 1.85 bits per heavy atom. The highest BCUT2D eigenvalue weighted by Crippen LogP contribution is 2.39. The van der Waals surface area contributed by atoms with Gasteiger partial charge in [-0.3, -0.25) is 4.79 Å². The van der Waals surface area contributed by atoms with Gasteiger partial charge in [0.1, 0.15) is 27.3 Å². The van der Waals surface area contributed by atoms with Gasteiger partial charge < -0.3 is 21.5 Å². The van der Waals surface area contributed by atoms with Gasteiger partial charge in [-0.05, 0) is 42.7 Å². The van der Waals surface area contributed by atoms with Crippen LogP contribution in [-0.2, 0) is 6.42 Å². The quantitative estimate of drug-likeness (QED) is 0.315. The van der Waals surface area contributed by atoms with Crippen molar-refractivity contribution < 1.29 is 22.7 Å². The van der Waals surface area contributed by atoms with Crippen molar-refractivity contribution in [2.75, 3.05) is 16.8 Å².